The van der Waals surface area contributed by atoms with Crippen LogP contribution < -0.4 is 4.74 Å². The van der Waals surface area contributed by atoms with Gasteiger partial charge in [-0.25, -0.2) is 9.78 Å². The van der Waals surface area contributed by atoms with Crippen molar-refractivity contribution < 1.29 is 28.6 Å². The molecule has 0 aliphatic carbocycles. The molecule has 2 heterocycles. The maximum Gasteiger partial charge on any atom is 0.507 e. The van der Waals surface area contributed by atoms with Gasteiger partial charge in [-0.1, -0.05) is 40.7 Å². The van der Waals surface area contributed by atoms with E-state index < -0.39 is 36.4 Å². The number of hydrogen-bond acceptors (Lipinski definition) is 6. The molecule has 1 aromatic carbocycles. The van der Waals surface area contributed by atoms with Crippen molar-refractivity contribution in [2.75, 3.05) is 13.8 Å². The van der Waals surface area contributed by atoms with Gasteiger partial charge < -0.3 is 14.6 Å². The van der Waals surface area contributed by atoms with Crippen molar-refractivity contribution in [1.29, 1.82) is 0 Å². The third-order valence-corrected chi connectivity index (χ3v) is 6.97. The quantitative estimate of drug-likeness (QED) is 0.473. The second-order valence-corrected chi connectivity index (χ2v) is 11.1. The molecule has 7 nitrogen and oxygen atoms in total. The van der Waals surface area contributed by atoms with Gasteiger partial charge in [-0.15, -0.1) is 11.3 Å². The van der Waals surface area contributed by atoms with E-state index in [4.69, 9.17) is 9.47 Å². The van der Waals surface area contributed by atoms with Crippen molar-refractivity contribution in [2.45, 2.75) is 64.6 Å². The van der Waals surface area contributed by atoms with Crippen molar-refractivity contribution in [3.05, 3.63) is 45.9 Å². The first-order valence-electron chi connectivity index (χ1n) is 11.3. The van der Waals surface area contributed by atoms with Gasteiger partial charge in [0.05, 0.1) is 19.8 Å². The van der Waals surface area contributed by atoms with E-state index in [2.05, 4.69) is 4.98 Å². The van der Waals surface area contributed by atoms with Crippen molar-refractivity contribution in [3.63, 3.8) is 0 Å². The molecule has 0 radical (unpaired) electrons. The Morgan fingerprint density at radius 1 is 1.35 bits per heavy atom. The highest BCUT2D eigenvalue weighted by atomic mass is 32.1. The first-order chi connectivity index (χ1) is 15.9. The molecular weight excluding hydrogens is 459 g/mol. The topological polar surface area (TPSA) is 89.0 Å². The summed E-state index contributed by atoms with van der Waals surface area (Å²) >= 11 is 1.31. The van der Waals surface area contributed by atoms with Gasteiger partial charge in [-0.3, -0.25) is 14.1 Å². The van der Waals surface area contributed by atoms with Crippen LogP contribution >= 0.6 is 11.3 Å². The summed E-state index contributed by atoms with van der Waals surface area (Å²) in [6.07, 6.45) is 0.387. The lowest BCUT2D eigenvalue weighted by molar-refractivity contribution is -0.108. The van der Waals surface area contributed by atoms with Gasteiger partial charge in [0.15, 0.2) is 5.72 Å². The number of carbonyl (C=O) groups is 2. The Hall–Kier alpha value is -2.68. The number of hydrogen-bond donors (Lipinski definition) is 1. The Kier molecular flexibility index (Phi) is 7.55. The number of halogens is 1. The molecule has 3 atom stereocenters. The fourth-order valence-corrected chi connectivity index (χ4v) is 5.74. The van der Waals surface area contributed by atoms with Crippen LogP contribution in [-0.4, -0.2) is 46.6 Å². The van der Waals surface area contributed by atoms with E-state index in [1.807, 2.05) is 40.7 Å². The summed E-state index contributed by atoms with van der Waals surface area (Å²) in [7, 11) is 1.54. The second-order valence-electron chi connectivity index (χ2n) is 10.2. The van der Waals surface area contributed by atoms with Crippen LogP contribution in [0.15, 0.2) is 29.8 Å². The number of amides is 1. The zero-order valence-corrected chi connectivity index (χ0v) is 21.3. The monoisotopic (exact) mass is 492 g/mol. The first-order valence-corrected chi connectivity index (χ1v) is 12.2. The van der Waals surface area contributed by atoms with Gasteiger partial charge in [0.25, 0.3) is 5.91 Å². The summed E-state index contributed by atoms with van der Waals surface area (Å²) in [6.45, 7) is 9.24. The van der Waals surface area contributed by atoms with Crippen LogP contribution in [0.2, 0.25) is 0 Å². The SMILES string of the molecule is COc1cc(C(=O)N2[C@@H](c3nccs3)[C@H](CF)C[C@]2(CC(C)C)OC(=O)O)ccc1C(C)(C)C. The minimum atomic E-state index is -1.51. The molecule has 1 aliphatic heterocycles. The zero-order chi connectivity index (χ0) is 25.3. The molecule has 1 saturated heterocycles. The number of alkyl halides is 1. The van der Waals surface area contributed by atoms with Crippen molar-refractivity contribution >= 4 is 23.4 Å². The molecule has 1 N–H and O–H groups in total. The Morgan fingerprint density at radius 3 is 2.56 bits per heavy atom. The summed E-state index contributed by atoms with van der Waals surface area (Å²) in [5, 5.41) is 11.9. The summed E-state index contributed by atoms with van der Waals surface area (Å²) in [5.74, 6) is -0.553. The minimum absolute atomic E-state index is 0.0113. The van der Waals surface area contributed by atoms with Gasteiger partial charge in [0.1, 0.15) is 10.8 Å². The van der Waals surface area contributed by atoms with Crippen molar-refractivity contribution in [2.24, 2.45) is 11.8 Å². The van der Waals surface area contributed by atoms with Crippen LogP contribution in [0.3, 0.4) is 0 Å². The van der Waals surface area contributed by atoms with E-state index in [0.717, 1.165) is 5.56 Å². The lowest BCUT2D eigenvalue weighted by Gasteiger charge is -2.40. The minimum Gasteiger partial charge on any atom is -0.496 e. The predicted octanol–water partition coefficient (Wildman–Crippen LogP) is 6.06. The van der Waals surface area contributed by atoms with Crippen LogP contribution in [-0.2, 0) is 10.2 Å². The smallest absolute Gasteiger partial charge is 0.496 e. The number of carboxylic acid groups (broad SMARTS) is 1. The van der Waals surface area contributed by atoms with Gasteiger partial charge >= 0.3 is 6.16 Å². The molecule has 0 spiro atoms. The molecule has 9 heteroatoms. The maximum absolute atomic E-state index is 14.3. The standard InChI is InChI=1S/C25H33FN2O5S/c1-15(2)12-25(33-23(30)31)13-17(14-26)20(21-27-9-10-34-21)28(25)22(29)16-7-8-18(24(3,4)5)19(11-16)32-6/h7-11,15,17,20H,12-14H2,1-6H3,(H,30,31)/t17-,20+,25-/m0/s1. The van der Waals surface area contributed by atoms with Gasteiger partial charge in [0.2, 0.25) is 0 Å². The lowest BCUT2D eigenvalue weighted by Crippen LogP contribution is -2.52. The highest BCUT2D eigenvalue weighted by molar-refractivity contribution is 7.09. The molecule has 3 rings (SSSR count). The number of thiazole rings is 1. The lowest BCUT2D eigenvalue weighted by atomic mass is 9.85. The number of nitrogens with zero attached hydrogens (tertiary/aromatic N) is 2. The average molecular weight is 493 g/mol. The maximum atomic E-state index is 14.3. The number of likely N-dealkylation sites (tertiary alicyclic amines) is 1. The molecule has 1 amide bonds. The van der Waals surface area contributed by atoms with E-state index in [-0.39, 0.29) is 24.2 Å². The molecule has 0 unspecified atom stereocenters. The summed E-state index contributed by atoms with van der Waals surface area (Å²) < 4.78 is 25.4. The Labute approximate surface area is 203 Å². The van der Waals surface area contributed by atoms with E-state index in [1.165, 1.54) is 16.2 Å². The Morgan fingerprint density at radius 2 is 2.06 bits per heavy atom. The molecule has 2 aromatic rings. The van der Waals surface area contributed by atoms with Crippen molar-refractivity contribution in [1.82, 2.24) is 9.88 Å². The highest BCUT2D eigenvalue weighted by Gasteiger charge is 2.58. The molecule has 1 aliphatic rings. The molecule has 1 aromatic heterocycles. The number of benzene rings is 1. The van der Waals surface area contributed by atoms with Crippen LogP contribution in [0.25, 0.3) is 0 Å². The van der Waals surface area contributed by atoms with Gasteiger partial charge in [-0.05, 0) is 29.0 Å². The summed E-state index contributed by atoms with van der Waals surface area (Å²) in [5.41, 5.74) is -0.480. The number of carbonyl (C=O) groups excluding carboxylic acids is 1. The molecular formula is C25H33FN2O5S. The van der Waals surface area contributed by atoms with Crippen molar-refractivity contribution in [3.8, 4) is 5.75 Å². The van der Waals surface area contributed by atoms with E-state index >= 15 is 0 Å². The largest absolute Gasteiger partial charge is 0.507 e. The zero-order valence-electron chi connectivity index (χ0n) is 20.5. The first kappa shape index (κ1) is 25.9. The fraction of sp³-hybridized carbons (Fsp3) is 0.560. The molecule has 1 fully saturated rings. The Bertz CT molecular complexity index is 1020. The molecule has 0 saturated carbocycles. The summed E-state index contributed by atoms with van der Waals surface area (Å²) in [6, 6.07) is 4.46. The van der Waals surface area contributed by atoms with Gasteiger partial charge in [-0.2, -0.15) is 0 Å². The normalized spacial score (nSPS) is 22.8. The fourth-order valence-electron chi connectivity index (χ4n) is 4.92. The highest BCUT2D eigenvalue weighted by Crippen LogP contribution is 2.51. The molecule has 0 bridgehead atoms. The van der Waals surface area contributed by atoms with Crippen LogP contribution in [0.4, 0.5) is 9.18 Å². The third kappa shape index (κ3) is 5.04. The Balaban J connectivity index is 2.19. The number of ether oxygens (including phenoxy) is 2. The van der Waals surface area contributed by atoms with E-state index in [1.54, 1.807) is 30.8 Å². The summed E-state index contributed by atoms with van der Waals surface area (Å²) in [4.78, 5) is 31.6. The second kappa shape index (κ2) is 9.90. The molecule has 34 heavy (non-hydrogen) atoms. The number of aromatic nitrogens is 1. The number of methoxy groups -OCH3 is 1. The van der Waals surface area contributed by atoms with Gasteiger partial charge in [0, 0.05) is 35.9 Å². The van der Waals surface area contributed by atoms with E-state index in [0.29, 0.717) is 16.3 Å². The van der Waals surface area contributed by atoms with Crippen LogP contribution in [0.5, 0.6) is 5.75 Å². The number of rotatable bonds is 7. The molecule has 186 valence electrons. The van der Waals surface area contributed by atoms with Crippen LogP contribution in [0.1, 0.15) is 74.4 Å². The third-order valence-electron chi connectivity index (χ3n) is 6.13. The predicted molar refractivity (Wildman–Crippen MR) is 128 cm³/mol. The van der Waals surface area contributed by atoms with Crippen LogP contribution in [0, 0.1) is 11.8 Å². The average Bonchev–Trinajstić information content (AvgIpc) is 3.37. The van der Waals surface area contributed by atoms with E-state index in [9.17, 15) is 19.1 Å².